The molecule has 0 aliphatic carbocycles. The minimum atomic E-state index is -2.10. The number of nitrogens with zero attached hydrogens (tertiary/aromatic N) is 1. The van der Waals surface area contributed by atoms with E-state index < -0.39 is 33.8 Å². The zero-order valence-corrected chi connectivity index (χ0v) is 5.87. The van der Waals surface area contributed by atoms with Gasteiger partial charge in [-0.3, -0.25) is 0 Å². The number of aromatic nitrogens is 1. The molecule has 12 heavy (non-hydrogen) atoms. The smallest absolute Gasteiger partial charge is 0.411 e. The molecule has 0 spiro atoms. The van der Waals surface area contributed by atoms with Gasteiger partial charge in [0.15, 0.2) is 0 Å². The predicted octanol–water partition coefficient (Wildman–Crippen LogP) is 1.18. The zero-order chi connectivity index (χ0) is 9.46. The lowest BCUT2D eigenvalue weighted by Gasteiger charge is -2.03. The van der Waals surface area contributed by atoms with Crippen molar-refractivity contribution in [3.63, 3.8) is 0 Å². The van der Waals surface area contributed by atoms with Crippen molar-refractivity contribution in [3.05, 3.63) is 34.3 Å². The maximum Gasteiger partial charge on any atom is 0.411 e. The molecule has 0 aromatic carbocycles. The van der Waals surface area contributed by atoms with Crippen molar-refractivity contribution in [2.75, 3.05) is 0 Å². The fourth-order valence-electron chi connectivity index (χ4n) is 0.671. The molecule has 0 radical (unpaired) electrons. The summed E-state index contributed by atoms with van der Waals surface area (Å²) in [5.41, 5.74) is -0.841. The predicted molar refractivity (Wildman–Crippen MR) is 30.0 cm³/mol. The Kier molecular flexibility index (Phi) is 1.91. The first kappa shape index (κ1) is 8.76. The Morgan fingerprint density at radius 2 is 1.50 bits per heavy atom. The van der Waals surface area contributed by atoms with Gasteiger partial charge in [0.25, 0.3) is 5.82 Å². The molecule has 0 saturated carbocycles. The maximum absolute atomic E-state index is 12.4. The summed E-state index contributed by atoms with van der Waals surface area (Å²) in [4.78, 5) is 0. The minimum absolute atomic E-state index is 0.645. The van der Waals surface area contributed by atoms with Crippen molar-refractivity contribution in [1.29, 1.82) is 0 Å². The first-order chi connectivity index (χ1) is 5.46. The summed E-state index contributed by atoms with van der Waals surface area (Å²) in [5.74, 6) is -7.72. The third-order valence-electron chi connectivity index (χ3n) is 1.37. The number of hydrogen-bond acceptors (Lipinski definition) is 1. The molecule has 1 aromatic heterocycles. The van der Waals surface area contributed by atoms with Crippen LogP contribution < -0.4 is 4.73 Å². The number of halogens is 4. The Bertz CT molecular complexity index is 234. The van der Waals surface area contributed by atoms with E-state index in [0.29, 0.717) is 0 Å². The van der Waals surface area contributed by atoms with Gasteiger partial charge in [0.2, 0.25) is 17.3 Å². The van der Waals surface area contributed by atoms with E-state index in [2.05, 4.69) is 0 Å². The van der Waals surface area contributed by atoms with Gasteiger partial charge in [-0.1, -0.05) is 0 Å². The molecule has 0 saturated heterocycles. The van der Waals surface area contributed by atoms with E-state index in [1.165, 1.54) is 0 Å². The van der Waals surface area contributed by atoms with Crippen molar-refractivity contribution in [3.8, 4) is 0 Å². The third kappa shape index (κ3) is 0.992. The van der Waals surface area contributed by atoms with Gasteiger partial charge in [-0.25, -0.2) is 0 Å². The normalized spacial score (nSPS) is 10.4. The Morgan fingerprint density at radius 1 is 1.00 bits per heavy atom. The van der Waals surface area contributed by atoms with Crippen LogP contribution in [0.3, 0.4) is 0 Å². The van der Waals surface area contributed by atoms with Gasteiger partial charge in [-0.15, -0.1) is 9.12 Å². The highest BCUT2D eigenvalue weighted by atomic mass is 19.2. The molecule has 2 nitrogen and oxygen atoms in total. The highest BCUT2D eigenvalue weighted by molar-refractivity contribution is 5.05. The first-order valence-corrected chi connectivity index (χ1v) is 2.89. The summed E-state index contributed by atoms with van der Waals surface area (Å²) in [5, 5.41) is 10.5. The van der Waals surface area contributed by atoms with E-state index in [4.69, 9.17) is 0 Å². The van der Waals surface area contributed by atoms with Crippen LogP contribution in [0.2, 0.25) is 0 Å². The average Bonchev–Trinajstić information content (AvgIpc) is 2.08. The van der Waals surface area contributed by atoms with E-state index in [0.717, 1.165) is 6.92 Å². The van der Waals surface area contributed by atoms with Crippen molar-refractivity contribution < 1.29 is 22.3 Å². The van der Waals surface area contributed by atoms with E-state index in [-0.39, 0.29) is 0 Å². The molecule has 0 bridgehead atoms. The largest absolute Gasteiger partial charge is 0.616 e. The van der Waals surface area contributed by atoms with Crippen LogP contribution in [0.25, 0.3) is 0 Å². The summed E-state index contributed by atoms with van der Waals surface area (Å²) in [6, 6.07) is 0. The van der Waals surface area contributed by atoms with Crippen LogP contribution in [0.5, 0.6) is 0 Å². The van der Waals surface area contributed by atoms with Gasteiger partial charge in [0.05, 0.1) is 0 Å². The lowest BCUT2D eigenvalue weighted by Crippen LogP contribution is -2.38. The van der Waals surface area contributed by atoms with Crippen LogP contribution in [-0.2, 0) is 0 Å². The van der Waals surface area contributed by atoms with Crippen LogP contribution >= 0.6 is 0 Å². The summed E-state index contributed by atoms with van der Waals surface area (Å²) in [7, 11) is 0. The van der Waals surface area contributed by atoms with Crippen LogP contribution in [0.15, 0.2) is 0 Å². The molecule has 0 aliphatic heterocycles. The highest BCUT2D eigenvalue weighted by Gasteiger charge is 2.26. The molecule has 66 valence electrons. The molecule has 0 aliphatic rings. The Hall–Kier alpha value is -1.33. The molecule has 0 unspecified atom stereocenters. The SMILES string of the molecule is Cc1c(F)c(F)c(F)c(F)[n+]1[O-]. The number of pyridine rings is 1. The molecule has 0 N–H and O–H groups in total. The van der Waals surface area contributed by atoms with Crippen molar-refractivity contribution >= 4 is 0 Å². The molecule has 0 fully saturated rings. The van der Waals surface area contributed by atoms with Crippen LogP contribution in [0.1, 0.15) is 5.69 Å². The second-order valence-corrected chi connectivity index (χ2v) is 2.11. The summed E-state index contributed by atoms with van der Waals surface area (Å²) in [6.07, 6.45) is 0. The van der Waals surface area contributed by atoms with Crippen LogP contribution in [0.4, 0.5) is 17.6 Å². The lowest BCUT2D eigenvalue weighted by atomic mass is 10.3. The fraction of sp³-hybridized carbons (Fsp3) is 0.167. The highest BCUT2D eigenvalue weighted by Crippen LogP contribution is 2.12. The number of hydrogen-bond donors (Lipinski definition) is 0. The van der Waals surface area contributed by atoms with Gasteiger partial charge < -0.3 is 5.21 Å². The molecule has 1 aromatic rings. The standard InChI is InChI=1S/C6H3F4NO/c1-2-3(7)4(8)5(9)6(10)11(2)12/h1H3. The summed E-state index contributed by atoms with van der Waals surface area (Å²) < 4.78 is 48.6. The average molecular weight is 181 g/mol. The second kappa shape index (κ2) is 2.62. The maximum atomic E-state index is 12.4. The van der Waals surface area contributed by atoms with Gasteiger partial charge in [-0.2, -0.15) is 13.2 Å². The van der Waals surface area contributed by atoms with Gasteiger partial charge in [-0.05, 0) is 0 Å². The Labute approximate surface area is 64.6 Å². The molecule has 0 amide bonds. The fourth-order valence-corrected chi connectivity index (χ4v) is 0.671. The molecule has 1 heterocycles. The topological polar surface area (TPSA) is 26.9 Å². The van der Waals surface area contributed by atoms with E-state index in [1.54, 1.807) is 0 Å². The Morgan fingerprint density at radius 3 is 2.00 bits per heavy atom. The molecule has 1 rings (SSSR count). The molecular weight excluding hydrogens is 178 g/mol. The second-order valence-electron chi connectivity index (χ2n) is 2.11. The Balaban J connectivity index is 3.60. The van der Waals surface area contributed by atoms with Gasteiger partial charge in [0.1, 0.15) is 0 Å². The van der Waals surface area contributed by atoms with Crippen molar-refractivity contribution in [2.45, 2.75) is 6.92 Å². The lowest BCUT2D eigenvalue weighted by molar-refractivity contribution is -0.648. The number of rotatable bonds is 0. The third-order valence-corrected chi connectivity index (χ3v) is 1.37. The summed E-state index contributed by atoms with van der Waals surface area (Å²) >= 11 is 0. The molecule has 0 atom stereocenters. The van der Waals surface area contributed by atoms with Crippen molar-refractivity contribution in [1.82, 2.24) is 0 Å². The van der Waals surface area contributed by atoms with E-state index in [9.17, 15) is 22.8 Å². The van der Waals surface area contributed by atoms with Gasteiger partial charge in [0, 0.05) is 6.92 Å². The van der Waals surface area contributed by atoms with Crippen LogP contribution in [0, 0.1) is 35.5 Å². The zero-order valence-electron chi connectivity index (χ0n) is 5.87. The monoisotopic (exact) mass is 181 g/mol. The molecule has 6 heteroatoms. The first-order valence-electron chi connectivity index (χ1n) is 2.89. The van der Waals surface area contributed by atoms with E-state index in [1.807, 2.05) is 0 Å². The van der Waals surface area contributed by atoms with E-state index >= 15 is 0 Å². The quantitative estimate of drug-likeness (QED) is 0.255. The summed E-state index contributed by atoms with van der Waals surface area (Å²) in [6.45, 7) is 0.841. The minimum Gasteiger partial charge on any atom is -0.616 e. The van der Waals surface area contributed by atoms with Gasteiger partial charge >= 0.3 is 5.95 Å². The van der Waals surface area contributed by atoms with Crippen molar-refractivity contribution in [2.24, 2.45) is 0 Å². The van der Waals surface area contributed by atoms with Crippen LogP contribution in [-0.4, -0.2) is 0 Å². The molecular formula is C6H3F4NO.